The van der Waals surface area contributed by atoms with Gasteiger partial charge in [0, 0.05) is 38.9 Å². The molecule has 1 aromatic heterocycles. The van der Waals surface area contributed by atoms with E-state index in [9.17, 15) is 4.79 Å². The molecule has 0 unspecified atom stereocenters. The Labute approximate surface area is 149 Å². The van der Waals surface area contributed by atoms with Crippen LogP contribution in [0.15, 0.2) is 42.6 Å². The molecule has 25 heavy (non-hydrogen) atoms. The zero-order valence-corrected chi connectivity index (χ0v) is 14.9. The van der Waals surface area contributed by atoms with Crippen molar-refractivity contribution in [3.8, 4) is 5.75 Å². The van der Waals surface area contributed by atoms with Crippen LogP contribution in [0.5, 0.6) is 5.75 Å². The first kappa shape index (κ1) is 17.4. The fraction of sp³-hybridized carbons (Fsp3) is 0.400. The van der Waals surface area contributed by atoms with Crippen LogP contribution < -0.4 is 4.74 Å². The number of hydrogen-bond donors (Lipinski definition) is 0. The molecular formula is C20H25N3O2. The van der Waals surface area contributed by atoms with Crippen LogP contribution in [-0.4, -0.2) is 53.5 Å². The Bertz CT molecular complexity index is 710. The Kier molecular flexibility index (Phi) is 5.66. The Morgan fingerprint density at radius 1 is 1.08 bits per heavy atom. The van der Waals surface area contributed by atoms with Gasteiger partial charge in [-0.15, -0.1) is 0 Å². The smallest absolute Gasteiger partial charge is 0.260 e. The third-order valence-corrected chi connectivity index (χ3v) is 4.68. The van der Waals surface area contributed by atoms with Crippen molar-refractivity contribution in [2.45, 2.75) is 20.4 Å². The van der Waals surface area contributed by atoms with Gasteiger partial charge in [0.25, 0.3) is 5.91 Å². The van der Waals surface area contributed by atoms with Crippen molar-refractivity contribution in [2.75, 3.05) is 32.8 Å². The first-order valence-corrected chi connectivity index (χ1v) is 8.72. The molecule has 5 heteroatoms. The van der Waals surface area contributed by atoms with Gasteiger partial charge >= 0.3 is 0 Å². The van der Waals surface area contributed by atoms with Crippen LogP contribution in [0.25, 0.3) is 0 Å². The van der Waals surface area contributed by atoms with Gasteiger partial charge in [-0.1, -0.05) is 12.1 Å². The zero-order valence-electron chi connectivity index (χ0n) is 14.9. The first-order valence-electron chi connectivity index (χ1n) is 8.72. The van der Waals surface area contributed by atoms with Gasteiger partial charge in [-0.25, -0.2) is 0 Å². The van der Waals surface area contributed by atoms with Crippen molar-refractivity contribution in [3.05, 3.63) is 59.4 Å². The molecule has 1 aromatic carbocycles. The molecule has 1 fully saturated rings. The van der Waals surface area contributed by atoms with Gasteiger partial charge in [-0.2, -0.15) is 0 Å². The molecule has 0 saturated carbocycles. The number of ether oxygens (including phenoxy) is 1. The molecule has 0 radical (unpaired) electrons. The Hall–Kier alpha value is -2.40. The van der Waals surface area contributed by atoms with Crippen molar-refractivity contribution in [3.63, 3.8) is 0 Å². The molecule has 5 nitrogen and oxygen atoms in total. The summed E-state index contributed by atoms with van der Waals surface area (Å²) < 4.78 is 5.66. The van der Waals surface area contributed by atoms with Crippen LogP contribution in [0.3, 0.4) is 0 Å². The van der Waals surface area contributed by atoms with E-state index in [0.29, 0.717) is 0 Å². The number of aromatic nitrogens is 1. The average Bonchev–Trinajstić information content (AvgIpc) is 2.64. The van der Waals surface area contributed by atoms with Gasteiger partial charge in [0.05, 0.1) is 5.69 Å². The van der Waals surface area contributed by atoms with E-state index in [1.165, 1.54) is 11.1 Å². The summed E-state index contributed by atoms with van der Waals surface area (Å²) in [5.41, 5.74) is 3.47. The molecule has 1 saturated heterocycles. The summed E-state index contributed by atoms with van der Waals surface area (Å²) in [5.74, 6) is 0.806. The number of piperazine rings is 1. The molecule has 1 aliphatic rings. The van der Waals surface area contributed by atoms with Gasteiger partial charge in [0.1, 0.15) is 5.75 Å². The largest absolute Gasteiger partial charge is 0.484 e. The van der Waals surface area contributed by atoms with E-state index >= 15 is 0 Å². The average molecular weight is 339 g/mol. The molecule has 2 heterocycles. The summed E-state index contributed by atoms with van der Waals surface area (Å²) in [6.07, 6.45) is 1.82. The monoisotopic (exact) mass is 339 g/mol. The number of carbonyl (C=O) groups is 1. The lowest BCUT2D eigenvalue weighted by Crippen LogP contribution is -2.49. The number of aryl methyl sites for hydroxylation is 2. The SMILES string of the molecule is Cc1ccc(OCC(=O)N2CCN(Cc3ccccn3)CC2)cc1C. The minimum atomic E-state index is 0.0516. The summed E-state index contributed by atoms with van der Waals surface area (Å²) >= 11 is 0. The quantitative estimate of drug-likeness (QED) is 0.839. The van der Waals surface area contributed by atoms with E-state index in [1.54, 1.807) is 0 Å². The molecule has 1 aliphatic heterocycles. The van der Waals surface area contributed by atoms with Crippen LogP contribution in [0.4, 0.5) is 0 Å². The predicted molar refractivity (Wildman–Crippen MR) is 97.5 cm³/mol. The van der Waals surface area contributed by atoms with Crippen molar-refractivity contribution < 1.29 is 9.53 Å². The number of rotatable bonds is 5. The molecule has 0 atom stereocenters. The third-order valence-electron chi connectivity index (χ3n) is 4.68. The van der Waals surface area contributed by atoms with Gasteiger partial charge in [0.15, 0.2) is 6.61 Å². The van der Waals surface area contributed by atoms with E-state index < -0.39 is 0 Å². The minimum Gasteiger partial charge on any atom is -0.484 e. The molecule has 2 aromatic rings. The van der Waals surface area contributed by atoms with Crippen LogP contribution in [0.2, 0.25) is 0 Å². The Morgan fingerprint density at radius 3 is 2.56 bits per heavy atom. The lowest BCUT2D eigenvalue weighted by molar-refractivity contribution is -0.135. The highest BCUT2D eigenvalue weighted by Gasteiger charge is 2.21. The number of carbonyl (C=O) groups excluding carboxylic acids is 1. The maximum absolute atomic E-state index is 12.4. The maximum atomic E-state index is 12.4. The molecule has 1 amide bonds. The second-order valence-electron chi connectivity index (χ2n) is 6.51. The molecule has 0 aliphatic carbocycles. The number of nitrogens with zero attached hydrogens (tertiary/aromatic N) is 3. The van der Waals surface area contributed by atoms with Gasteiger partial charge in [-0.05, 0) is 49.2 Å². The highest BCUT2D eigenvalue weighted by atomic mass is 16.5. The molecule has 3 rings (SSSR count). The number of pyridine rings is 1. The topological polar surface area (TPSA) is 45.7 Å². The second-order valence-corrected chi connectivity index (χ2v) is 6.51. The normalized spacial score (nSPS) is 15.2. The van der Waals surface area contributed by atoms with Gasteiger partial charge in [-0.3, -0.25) is 14.7 Å². The Morgan fingerprint density at radius 2 is 1.88 bits per heavy atom. The van der Waals surface area contributed by atoms with Crippen molar-refractivity contribution in [1.82, 2.24) is 14.8 Å². The lowest BCUT2D eigenvalue weighted by Gasteiger charge is -2.34. The molecular weight excluding hydrogens is 314 g/mol. The molecule has 0 spiro atoms. The molecule has 132 valence electrons. The fourth-order valence-electron chi connectivity index (χ4n) is 2.92. The molecule has 0 bridgehead atoms. The number of hydrogen-bond acceptors (Lipinski definition) is 4. The zero-order chi connectivity index (χ0) is 17.6. The van der Waals surface area contributed by atoms with E-state index in [-0.39, 0.29) is 12.5 Å². The standard InChI is InChI=1S/C20H25N3O2/c1-16-6-7-19(13-17(16)2)25-15-20(24)23-11-9-22(10-12-23)14-18-5-3-4-8-21-18/h3-8,13H,9-12,14-15H2,1-2H3. The van der Waals surface area contributed by atoms with E-state index in [0.717, 1.165) is 44.2 Å². The van der Waals surface area contributed by atoms with Crippen LogP contribution in [-0.2, 0) is 11.3 Å². The van der Waals surface area contributed by atoms with Crippen molar-refractivity contribution in [1.29, 1.82) is 0 Å². The second kappa shape index (κ2) is 8.12. The first-order chi connectivity index (χ1) is 12.1. The summed E-state index contributed by atoms with van der Waals surface area (Å²) in [6.45, 7) is 8.26. The van der Waals surface area contributed by atoms with Crippen LogP contribution in [0, 0.1) is 13.8 Å². The summed E-state index contributed by atoms with van der Waals surface area (Å²) in [5, 5.41) is 0. The third kappa shape index (κ3) is 4.79. The summed E-state index contributed by atoms with van der Waals surface area (Å²) in [6, 6.07) is 11.9. The predicted octanol–water partition coefficient (Wildman–Crippen LogP) is 2.42. The number of benzene rings is 1. The van der Waals surface area contributed by atoms with Crippen molar-refractivity contribution in [2.24, 2.45) is 0 Å². The minimum absolute atomic E-state index is 0.0516. The van der Waals surface area contributed by atoms with Crippen molar-refractivity contribution >= 4 is 5.91 Å². The number of amides is 1. The fourth-order valence-corrected chi connectivity index (χ4v) is 2.92. The van der Waals surface area contributed by atoms with E-state index in [4.69, 9.17) is 4.74 Å². The van der Waals surface area contributed by atoms with E-state index in [2.05, 4.69) is 16.8 Å². The Balaban J connectivity index is 1.44. The van der Waals surface area contributed by atoms with E-state index in [1.807, 2.05) is 54.4 Å². The van der Waals surface area contributed by atoms with Gasteiger partial charge in [0.2, 0.25) is 0 Å². The van der Waals surface area contributed by atoms with Crippen LogP contribution >= 0.6 is 0 Å². The summed E-state index contributed by atoms with van der Waals surface area (Å²) in [7, 11) is 0. The highest BCUT2D eigenvalue weighted by molar-refractivity contribution is 5.77. The highest BCUT2D eigenvalue weighted by Crippen LogP contribution is 2.16. The van der Waals surface area contributed by atoms with Crippen LogP contribution in [0.1, 0.15) is 16.8 Å². The maximum Gasteiger partial charge on any atom is 0.260 e. The summed E-state index contributed by atoms with van der Waals surface area (Å²) in [4.78, 5) is 20.9. The lowest BCUT2D eigenvalue weighted by atomic mass is 10.1. The molecule has 0 N–H and O–H groups in total. The van der Waals surface area contributed by atoms with Gasteiger partial charge < -0.3 is 9.64 Å².